The maximum absolute atomic E-state index is 13.0. The van der Waals surface area contributed by atoms with Gasteiger partial charge in [-0.2, -0.15) is 5.10 Å². The summed E-state index contributed by atoms with van der Waals surface area (Å²) in [7, 11) is 0. The van der Waals surface area contributed by atoms with Crippen LogP contribution < -0.4 is 10.9 Å². The zero-order valence-electron chi connectivity index (χ0n) is 13.2. The molecule has 0 unspecified atom stereocenters. The molecule has 0 aliphatic heterocycles. The molecule has 0 aliphatic rings. The van der Waals surface area contributed by atoms with Gasteiger partial charge >= 0.3 is 0 Å². The maximum Gasteiger partial charge on any atom is 0.276 e. The van der Waals surface area contributed by atoms with Crippen LogP contribution in [-0.4, -0.2) is 15.7 Å². The van der Waals surface area contributed by atoms with Gasteiger partial charge in [-0.05, 0) is 42.0 Å². The Morgan fingerprint density at radius 2 is 1.77 bits per heavy atom. The number of carbonyl (C=O) groups is 1. The maximum atomic E-state index is 13.0. The summed E-state index contributed by atoms with van der Waals surface area (Å²) in [6, 6.07) is 12.9. The van der Waals surface area contributed by atoms with E-state index in [2.05, 4.69) is 10.4 Å². The van der Waals surface area contributed by atoms with Crippen LogP contribution in [0.4, 0.5) is 10.1 Å². The van der Waals surface area contributed by atoms with Crippen molar-refractivity contribution in [1.82, 2.24) is 9.78 Å². The van der Waals surface area contributed by atoms with E-state index in [4.69, 9.17) is 23.2 Å². The molecule has 0 aliphatic carbocycles. The Morgan fingerprint density at radius 1 is 1.04 bits per heavy atom. The van der Waals surface area contributed by atoms with Crippen molar-refractivity contribution in [2.24, 2.45) is 0 Å². The van der Waals surface area contributed by atoms with Crippen LogP contribution in [0.25, 0.3) is 0 Å². The standard InChI is InChI=1S/C18H12Cl2FN3O2/c19-14-6-5-13(9-15(14)20)22-18(26)16-7-8-17(25)24(23-16)10-11-1-3-12(21)4-2-11/h1-9H,10H2,(H,22,26). The molecule has 1 aromatic heterocycles. The molecular weight excluding hydrogens is 380 g/mol. The Labute approximate surface area is 158 Å². The second-order valence-electron chi connectivity index (χ2n) is 5.42. The van der Waals surface area contributed by atoms with E-state index in [1.54, 1.807) is 24.3 Å². The van der Waals surface area contributed by atoms with Crippen LogP contribution in [0.15, 0.2) is 59.4 Å². The molecule has 2 aromatic carbocycles. The predicted molar refractivity (Wildman–Crippen MR) is 98.4 cm³/mol. The predicted octanol–water partition coefficient (Wildman–Crippen LogP) is 3.99. The third-order valence-electron chi connectivity index (χ3n) is 3.52. The Balaban J connectivity index is 1.81. The fourth-order valence-electron chi connectivity index (χ4n) is 2.22. The lowest BCUT2D eigenvalue weighted by atomic mass is 10.2. The number of nitrogens with zero attached hydrogens (tertiary/aromatic N) is 2. The summed E-state index contributed by atoms with van der Waals surface area (Å²) >= 11 is 11.8. The van der Waals surface area contributed by atoms with Crippen LogP contribution in [0.1, 0.15) is 16.1 Å². The van der Waals surface area contributed by atoms with Gasteiger partial charge in [-0.1, -0.05) is 35.3 Å². The molecular formula is C18H12Cl2FN3O2. The van der Waals surface area contributed by atoms with Gasteiger partial charge in [0.05, 0.1) is 16.6 Å². The molecule has 0 bridgehead atoms. The highest BCUT2D eigenvalue weighted by atomic mass is 35.5. The summed E-state index contributed by atoms with van der Waals surface area (Å²) in [6.07, 6.45) is 0. The van der Waals surface area contributed by atoms with E-state index in [1.807, 2.05) is 0 Å². The smallest absolute Gasteiger partial charge is 0.276 e. The number of rotatable bonds is 4. The molecule has 3 aromatic rings. The van der Waals surface area contributed by atoms with Crippen LogP contribution in [0.3, 0.4) is 0 Å². The molecule has 132 valence electrons. The van der Waals surface area contributed by atoms with E-state index in [0.717, 1.165) is 4.68 Å². The minimum atomic E-state index is -0.503. The highest BCUT2D eigenvalue weighted by Gasteiger charge is 2.11. The first-order chi connectivity index (χ1) is 12.4. The fraction of sp³-hybridized carbons (Fsp3) is 0.0556. The first kappa shape index (κ1) is 18.1. The minimum Gasteiger partial charge on any atom is -0.321 e. The van der Waals surface area contributed by atoms with Crippen LogP contribution in [0.5, 0.6) is 0 Å². The normalized spacial score (nSPS) is 10.6. The second kappa shape index (κ2) is 7.68. The number of anilines is 1. The highest BCUT2D eigenvalue weighted by molar-refractivity contribution is 6.42. The molecule has 0 fully saturated rings. The quantitative estimate of drug-likeness (QED) is 0.731. The molecule has 26 heavy (non-hydrogen) atoms. The Morgan fingerprint density at radius 3 is 2.46 bits per heavy atom. The van der Waals surface area contributed by atoms with Crippen molar-refractivity contribution < 1.29 is 9.18 Å². The van der Waals surface area contributed by atoms with Gasteiger partial charge in [-0.15, -0.1) is 0 Å². The minimum absolute atomic E-state index is 0.0535. The Kier molecular flexibility index (Phi) is 5.35. The van der Waals surface area contributed by atoms with Crippen molar-refractivity contribution in [3.63, 3.8) is 0 Å². The van der Waals surface area contributed by atoms with Crippen molar-refractivity contribution >= 4 is 34.8 Å². The van der Waals surface area contributed by atoms with E-state index in [1.165, 1.54) is 30.3 Å². The summed E-state index contributed by atoms with van der Waals surface area (Å²) in [6.45, 7) is 0.118. The number of hydrogen-bond acceptors (Lipinski definition) is 3. The number of aromatic nitrogens is 2. The first-order valence-corrected chi connectivity index (χ1v) is 8.27. The summed E-state index contributed by atoms with van der Waals surface area (Å²) < 4.78 is 14.1. The van der Waals surface area contributed by atoms with Gasteiger partial charge in [0.25, 0.3) is 11.5 Å². The molecule has 8 heteroatoms. The topological polar surface area (TPSA) is 64.0 Å². The van der Waals surface area contributed by atoms with E-state index < -0.39 is 5.91 Å². The molecule has 0 atom stereocenters. The molecule has 1 amide bonds. The number of hydrogen-bond donors (Lipinski definition) is 1. The van der Waals surface area contributed by atoms with E-state index in [9.17, 15) is 14.0 Å². The van der Waals surface area contributed by atoms with E-state index in [-0.39, 0.29) is 23.6 Å². The van der Waals surface area contributed by atoms with Gasteiger partial charge in [0.15, 0.2) is 0 Å². The lowest BCUT2D eigenvalue weighted by Gasteiger charge is -2.09. The molecule has 0 saturated carbocycles. The summed E-state index contributed by atoms with van der Waals surface area (Å²) in [5.74, 6) is -0.875. The summed E-state index contributed by atoms with van der Waals surface area (Å²) in [5, 5.41) is 7.38. The van der Waals surface area contributed by atoms with Gasteiger partial charge in [-0.3, -0.25) is 9.59 Å². The molecule has 1 heterocycles. The van der Waals surface area contributed by atoms with Gasteiger partial charge < -0.3 is 5.32 Å². The average Bonchev–Trinajstić information content (AvgIpc) is 2.62. The third-order valence-corrected chi connectivity index (χ3v) is 4.26. The SMILES string of the molecule is O=C(Nc1ccc(Cl)c(Cl)c1)c1ccc(=O)n(Cc2ccc(F)cc2)n1. The lowest BCUT2D eigenvalue weighted by Crippen LogP contribution is -2.26. The largest absolute Gasteiger partial charge is 0.321 e. The van der Waals surface area contributed by atoms with Crippen molar-refractivity contribution in [3.8, 4) is 0 Å². The first-order valence-electron chi connectivity index (χ1n) is 7.51. The third kappa shape index (κ3) is 4.28. The summed E-state index contributed by atoms with van der Waals surface area (Å²) in [5.41, 5.74) is 0.809. The van der Waals surface area contributed by atoms with E-state index >= 15 is 0 Å². The molecule has 0 spiro atoms. The Bertz CT molecular complexity index is 1020. The number of carbonyl (C=O) groups excluding carboxylic acids is 1. The number of benzene rings is 2. The van der Waals surface area contributed by atoms with Gasteiger partial charge in [0, 0.05) is 11.8 Å². The summed E-state index contributed by atoms with van der Waals surface area (Å²) in [4.78, 5) is 24.3. The van der Waals surface area contributed by atoms with Gasteiger partial charge in [0.2, 0.25) is 0 Å². The monoisotopic (exact) mass is 391 g/mol. The number of halogens is 3. The molecule has 0 saturated heterocycles. The zero-order chi connectivity index (χ0) is 18.7. The van der Waals surface area contributed by atoms with Crippen molar-refractivity contribution in [1.29, 1.82) is 0 Å². The molecule has 0 radical (unpaired) electrons. The van der Waals surface area contributed by atoms with Crippen LogP contribution in [-0.2, 0) is 6.54 Å². The van der Waals surface area contributed by atoms with Crippen LogP contribution in [0.2, 0.25) is 10.0 Å². The van der Waals surface area contributed by atoms with Crippen molar-refractivity contribution in [3.05, 3.63) is 92.1 Å². The van der Waals surface area contributed by atoms with Crippen molar-refractivity contribution in [2.45, 2.75) is 6.54 Å². The molecule has 5 nitrogen and oxygen atoms in total. The van der Waals surface area contributed by atoms with Gasteiger partial charge in [-0.25, -0.2) is 9.07 Å². The fourth-order valence-corrected chi connectivity index (χ4v) is 2.51. The zero-order valence-corrected chi connectivity index (χ0v) is 14.8. The van der Waals surface area contributed by atoms with Gasteiger partial charge in [0.1, 0.15) is 11.5 Å². The number of amides is 1. The van der Waals surface area contributed by atoms with Crippen LogP contribution in [0, 0.1) is 5.82 Å². The lowest BCUT2D eigenvalue weighted by molar-refractivity contribution is 0.102. The van der Waals surface area contributed by atoms with Crippen molar-refractivity contribution in [2.75, 3.05) is 5.32 Å². The molecule has 1 N–H and O–H groups in total. The Hall–Kier alpha value is -2.70. The number of nitrogens with one attached hydrogen (secondary N) is 1. The molecule has 3 rings (SSSR count). The highest BCUT2D eigenvalue weighted by Crippen LogP contribution is 2.25. The average molecular weight is 392 g/mol. The second-order valence-corrected chi connectivity index (χ2v) is 6.24. The van der Waals surface area contributed by atoms with E-state index in [0.29, 0.717) is 21.3 Å². The van der Waals surface area contributed by atoms with Crippen LogP contribution >= 0.6 is 23.2 Å².